The van der Waals surface area contributed by atoms with E-state index in [2.05, 4.69) is 12.2 Å². The first-order valence-electron chi connectivity index (χ1n) is 11.9. The van der Waals surface area contributed by atoms with Gasteiger partial charge in [0.25, 0.3) is 0 Å². The second-order valence-electron chi connectivity index (χ2n) is 9.42. The van der Waals surface area contributed by atoms with Crippen LogP contribution < -0.4 is 10.1 Å². The Bertz CT molecular complexity index is 1060. The molecule has 0 saturated carbocycles. The molecule has 1 atom stereocenters. The molecule has 0 amide bonds. The lowest BCUT2D eigenvalue weighted by atomic mass is 9.95. The van der Waals surface area contributed by atoms with Crippen molar-refractivity contribution in [1.29, 1.82) is 0 Å². The first kappa shape index (κ1) is 26.5. The molecule has 2 aromatic rings. The van der Waals surface area contributed by atoms with Crippen molar-refractivity contribution in [2.24, 2.45) is 5.92 Å². The van der Waals surface area contributed by atoms with Gasteiger partial charge in [-0.05, 0) is 112 Å². The number of rotatable bonds is 9. The van der Waals surface area contributed by atoms with Gasteiger partial charge in [-0.25, -0.2) is 8.42 Å². The molecule has 1 heterocycles. The Balaban J connectivity index is 1.48. The fourth-order valence-electron chi connectivity index (χ4n) is 4.58. The maximum absolute atomic E-state index is 13.5. The Morgan fingerprint density at radius 1 is 0.971 bits per heavy atom. The molecular weight excluding hydrogens is 452 g/mol. The predicted octanol–water partition coefficient (Wildman–Crippen LogP) is 3.36. The molecule has 0 unspecified atom stereocenters. The van der Waals surface area contributed by atoms with E-state index >= 15 is 0 Å². The van der Waals surface area contributed by atoms with Gasteiger partial charge in [0.15, 0.2) is 0 Å². The van der Waals surface area contributed by atoms with Crippen LogP contribution in [0.2, 0.25) is 0 Å². The summed E-state index contributed by atoms with van der Waals surface area (Å²) >= 11 is 0. The average molecular weight is 491 g/mol. The maximum atomic E-state index is 13.5. The molecule has 1 saturated heterocycles. The fourth-order valence-corrected chi connectivity index (χ4v) is 6.61. The van der Waals surface area contributed by atoms with E-state index in [0.717, 1.165) is 47.2 Å². The van der Waals surface area contributed by atoms with E-state index in [1.807, 2.05) is 27.7 Å². The highest BCUT2D eigenvalue weighted by atomic mass is 32.2. The van der Waals surface area contributed by atoms with E-state index in [1.54, 1.807) is 16.4 Å². The number of nitrogens with one attached hydrogen (secondary N) is 1. The molecule has 0 bridgehead atoms. The van der Waals surface area contributed by atoms with Gasteiger partial charge in [0.1, 0.15) is 24.2 Å². The second-order valence-corrected chi connectivity index (χ2v) is 11.3. The molecule has 0 aromatic heterocycles. The minimum atomic E-state index is -3.54. The highest BCUT2D eigenvalue weighted by Gasteiger charge is 2.32. The number of hydrogen-bond donors (Lipinski definition) is 3. The molecule has 0 aliphatic carbocycles. The van der Waals surface area contributed by atoms with Gasteiger partial charge in [0.05, 0.1) is 4.90 Å². The third kappa shape index (κ3) is 5.92. The molecule has 1 fully saturated rings. The second kappa shape index (κ2) is 11.1. The number of nitrogens with zero attached hydrogens (tertiary/aromatic N) is 1. The summed E-state index contributed by atoms with van der Waals surface area (Å²) in [5.74, 6) is 1.12. The zero-order valence-electron chi connectivity index (χ0n) is 20.9. The van der Waals surface area contributed by atoms with E-state index in [4.69, 9.17) is 4.74 Å². The van der Waals surface area contributed by atoms with Gasteiger partial charge in [-0.1, -0.05) is 0 Å². The highest BCUT2D eigenvalue weighted by molar-refractivity contribution is 7.89. The number of aliphatic hydroxyl groups excluding tert-OH is 1. The van der Waals surface area contributed by atoms with Crippen molar-refractivity contribution in [3.05, 3.63) is 52.1 Å². The number of hydrogen-bond acceptors (Lipinski definition) is 6. The molecule has 0 radical (unpaired) electrons. The first-order valence-corrected chi connectivity index (χ1v) is 13.3. The monoisotopic (exact) mass is 490 g/mol. The first-order chi connectivity index (χ1) is 16.0. The Morgan fingerprint density at radius 3 is 2.06 bits per heavy atom. The van der Waals surface area contributed by atoms with Crippen LogP contribution in [-0.2, 0) is 10.0 Å². The Hall–Kier alpha value is -2.13. The summed E-state index contributed by atoms with van der Waals surface area (Å²) in [5, 5.41) is 22.7. The van der Waals surface area contributed by atoms with Crippen LogP contribution in [0.1, 0.15) is 40.7 Å². The quantitative estimate of drug-likeness (QED) is 0.499. The molecular formula is C26H38N2O5S. The van der Waals surface area contributed by atoms with E-state index < -0.39 is 16.1 Å². The molecule has 34 heavy (non-hydrogen) atoms. The lowest BCUT2D eigenvalue weighted by Crippen LogP contribution is -2.42. The Morgan fingerprint density at radius 2 is 1.50 bits per heavy atom. The van der Waals surface area contributed by atoms with E-state index in [9.17, 15) is 18.6 Å². The predicted molar refractivity (Wildman–Crippen MR) is 134 cm³/mol. The van der Waals surface area contributed by atoms with Gasteiger partial charge < -0.3 is 20.3 Å². The number of phenolic OH excluding ortho intramolecular Hbond substituents is 1. The summed E-state index contributed by atoms with van der Waals surface area (Å²) in [6.07, 6.45) is 0.913. The molecule has 3 rings (SSSR count). The molecule has 188 valence electrons. The SMILES string of the molecule is Cc1c(C)c(C)c(S(=O)(=O)N2CCC(CNC[C@H](O)COc3ccc(O)cc3)CC2)c(C)c1C. The minimum absolute atomic E-state index is 0.155. The number of piperidine rings is 1. The van der Waals surface area contributed by atoms with E-state index in [-0.39, 0.29) is 12.4 Å². The molecule has 7 nitrogen and oxygen atoms in total. The molecule has 1 aliphatic heterocycles. The number of sulfonamides is 1. The van der Waals surface area contributed by atoms with Crippen LogP contribution in [0.4, 0.5) is 0 Å². The van der Waals surface area contributed by atoms with Gasteiger partial charge in [0.2, 0.25) is 10.0 Å². The van der Waals surface area contributed by atoms with Gasteiger partial charge in [-0.15, -0.1) is 0 Å². The maximum Gasteiger partial charge on any atom is 0.243 e. The van der Waals surface area contributed by atoms with Crippen LogP contribution in [0.25, 0.3) is 0 Å². The van der Waals surface area contributed by atoms with Crippen LogP contribution in [0.3, 0.4) is 0 Å². The van der Waals surface area contributed by atoms with Gasteiger partial charge in [-0.3, -0.25) is 0 Å². The minimum Gasteiger partial charge on any atom is -0.508 e. The topological polar surface area (TPSA) is 99.1 Å². The Kier molecular flexibility index (Phi) is 8.62. The summed E-state index contributed by atoms with van der Waals surface area (Å²) in [4.78, 5) is 0.474. The van der Waals surface area contributed by atoms with Gasteiger partial charge in [-0.2, -0.15) is 4.31 Å². The van der Waals surface area contributed by atoms with Crippen molar-refractivity contribution < 1.29 is 23.4 Å². The number of ether oxygens (including phenoxy) is 1. The lowest BCUT2D eigenvalue weighted by Gasteiger charge is -2.33. The molecule has 3 N–H and O–H groups in total. The van der Waals surface area contributed by atoms with E-state index in [0.29, 0.717) is 36.2 Å². The average Bonchev–Trinajstić information content (AvgIpc) is 2.81. The summed E-state index contributed by atoms with van der Waals surface area (Å²) in [5.41, 5.74) is 4.97. The number of aromatic hydroxyl groups is 1. The summed E-state index contributed by atoms with van der Waals surface area (Å²) in [6.45, 7) is 12.2. The van der Waals surface area contributed by atoms with E-state index in [1.165, 1.54) is 12.1 Å². The molecule has 0 spiro atoms. The highest BCUT2D eigenvalue weighted by Crippen LogP contribution is 2.33. The van der Waals surface area contributed by atoms with Crippen molar-refractivity contribution in [3.8, 4) is 11.5 Å². The third-order valence-electron chi connectivity index (χ3n) is 7.19. The van der Waals surface area contributed by atoms with Crippen molar-refractivity contribution in [3.63, 3.8) is 0 Å². The van der Waals surface area contributed by atoms with Crippen molar-refractivity contribution >= 4 is 10.0 Å². The number of benzene rings is 2. The van der Waals surface area contributed by atoms with Gasteiger partial charge in [0, 0.05) is 19.6 Å². The van der Waals surface area contributed by atoms with Crippen LogP contribution in [0, 0.1) is 40.5 Å². The largest absolute Gasteiger partial charge is 0.508 e. The van der Waals surface area contributed by atoms with Crippen LogP contribution >= 0.6 is 0 Å². The number of aliphatic hydroxyl groups is 1. The van der Waals surface area contributed by atoms with Crippen molar-refractivity contribution in [2.45, 2.75) is 58.5 Å². The zero-order chi connectivity index (χ0) is 25.0. The summed E-state index contributed by atoms with van der Waals surface area (Å²) in [7, 11) is -3.54. The zero-order valence-corrected chi connectivity index (χ0v) is 21.7. The van der Waals surface area contributed by atoms with Crippen LogP contribution in [-0.4, -0.2) is 61.8 Å². The number of phenols is 1. The lowest BCUT2D eigenvalue weighted by molar-refractivity contribution is 0.104. The molecule has 2 aromatic carbocycles. The molecule has 1 aliphatic rings. The molecule has 8 heteroatoms. The Labute approximate surface area is 203 Å². The summed E-state index contributed by atoms with van der Waals surface area (Å²) < 4.78 is 34.2. The fraction of sp³-hybridized carbons (Fsp3) is 0.538. The smallest absolute Gasteiger partial charge is 0.243 e. The normalized spacial score (nSPS) is 16.5. The van der Waals surface area contributed by atoms with Crippen LogP contribution in [0.5, 0.6) is 11.5 Å². The third-order valence-corrected chi connectivity index (χ3v) is 9.37. The van der Waals surface area contributed by atoms with Gasteiger partial charge >= 0.3 is 0 Å². The van der Waals surface area contributed by atoms with Crippen molar-refractivity contribution in [2.75, 3.05) is 32.8 Å². The van der Waals surface area contributed by atoms with Crippen molar-refractivity contribution in [1.82, 2.24) is 9.62 Å². The summed E-state index contributed by atoms with van der Waals surface area (Å²) in [6, 6.07) is 6.38. The standard InChI is InChI=1S/C26H38N2O5S/c1-17-18(2)20(4)26(21(5)19(17)3)34(31,32)28-12-10-22(11-13-28)14-27-15-24(30)16-33-25-8-6-23(29)7-9-25/h6-9,22,24,27,29-30H,10-16H2,1-5H3/t24-/m0/s1. The van der Waals surface area contributed by atoms with Crippen LogP contribution in [0.15, 0.2) is 29.2 Å².